The standard InChI is InChI=1S/C12H15N3OS/c1-16-12-9(3-2-5-15-12)7-14-8-11-10(13)4-6-17-11/h2-6,14H,7-8,13H2,1H3. The van der Waals surface area contributed by atoms with E-state index in [-0.39, 0.29) is 0 Å². The Kier molecular flexibility index (Phi) is 3.95. The first kappa shape index (κ1) is 11.9. The molecule has 5 heteroatoms. The Morgan fingerprint density at radius 1 is 1.41 bits per heavy atom. The fraction of sp³-hybridized carbons (Fsp3) is 0.250. The van der Waals surface area contributed by atoms with Gasteiger partial charge in [0.15, 0.2) is 0 Å². The molecule has 0 amide bonds. The second-order valence-electron chi connectivity index (χ2n) is 3.57. The van der Waals surface area contributed by atoms with Gasteiger partial charge in [-0.1, -0.05) is 6.07 Å². The summed E-state index contributed by atoms with van der Waals surface area (Å²) >= 11 is 1.66. The topological polar surface area (TPSA) is 60.2 Å². The van der Waals surface area contributed by atoms with Crippen molar-refractivity contribution >= 4 is 17.0 Å². The van der Waals surface area contributed by atoms with Crippen molar-refractivity contribution < 1.29 is 4.74 Å². The van der Waals surface area contributed by atoms with Crippen LogP contribution in [-0.4, -0.2) is 12.1 Å². The Morgan fingerprint density at radius 3 is 3.00 bits per heavy atom. The molecule has 17 heavy (non-hydrogen) atoms. The average Bonchev–Trinajstić information content (AvgIpc) is 2.76. The van der Waals surface area contributed by atoms with Gasteiger partial charge in [-0.25, -0.2) is 4.98 Å². The highest BCUT2D eigenvalue weighted by molar-refractivity contribution is 7.10. The van der Waals surface area contributed by atoms with Gasteiger partial charge in [-0.05, 0) is 17.5 Å². The van der Waals surface area contributed by atoms with Crippen LogP contribution in [0.3, 0.4) is 0 Å². The number of nitrogens with two attached hydrogens (primary N) is 1. The van der Waals surface area contributed by atoms with Crippen molar-refractivity contribution in [1.82, 2.24) is 10.3 Å². The minimum Gasteiger partial charge on any atom is -0.481 e. The van der Waals surface area contributed by atoms with Crippen LogP contribution < -0.4 is 15.8 Å². The number of hydrogen-bond donors (Lipinski definition) is 2. The summed E-state index contributed by atoms with van der Waals surface area (Å²) in [6, 6.07) is 5.82. The average molecular weight is 249 g/mol. The van der Waals surface area contributed by atoms with Gasteiger partial charge in [0.05, 0.1) is 7.11 Å². The number of aromatic nitrogens is 1. The van der Waals surface area contributed by atoms with Gasteiger partial charge in [0, 0.05) is 35.4 Å². The molecule has 0 unspecified atom stereocenters. The van der Waals surface area contributed by atoms with Gasteiger partial charge in [0.1, 0.15) is 0 Å². The molecule has 0 bridgehead atoms. The molecule has 0 spiro atoms. The lowest BCUT2D eigenvalue weighted by atomic mass is 10.2. The van der Waals surface area contributed by atoms with Crippen LogP contribution in [0.25, 0.3) is 0 Å². The molecule has 0 fully saturated rings. The summed E-state index contributed by atoms with van der Waals surface area (Å²) in [6.45, 7) is 1.48. The van der Waals surface area contributed by atoms with Crippen molar-refractivity contribution in [1.29, 1.82) is 0 Å². The van der Waals surface area contributed by atoms with E-state index in [9.17, 15) is 0 Å². The lowest BCUT2D eigenvalue weighted by Gasteiger charge is -2.07. The number of pyridine rings is 1. The van der Waals surface area contributed by atoms with E-state index in [2.05, 4.69) is 10.3 Å². The number of anilines is 1. The quantitative estimate of drug-likeness (QED) is 0.851. The Balaban J connectivity index is 1.92. The van der Waals surface area contributed by atoms with E-state index >= 15 is 0 Å². The lowest BCUT2D eigenvalue weighted by molar-refractivity contribution is 0.390. The molecule has 0 saturated carbocycles. The van der Waals surface area contributed by atoms with Crippen LogP contribution in [0.2, 0.25) is 0 Å². The third-order valence-corrected chi connectivity index (χ3v) is 3.36. The highest BCUT2D eigenvalue weighted by Gasteiger charge is 2.04. The molecule has 0 aromatic carbocycles. The van der Waals surface area contributed by atoms with Crippen LogP contribution in [0, 0.1) is 0 Å². The molecular formula is C12H15N3OS. The molecule has 0 atom stereocenters. The lowest BCUT2D eigenvalue weighted by Crippen LogP contribution is -2.13. The number of nitrogens with zero attached hydrogens (tertiary/aromatic N) is 1. The molecule has 0 radical (unpaired) electrons. The van der Waals surface area contributed by atoms with Crippen molar-refractivity contribution in [2.45, 2.75) is 13.1 Å². The molecule has 3 N–H and O–H groups in total. The first-order valence-electron chi connectivity index (χ1n) is 5.31. The third kappa shape index (κ3) is 2.95. The van der Waals surface area contributed by atoms with Gasteiger partial charge >= 0.3 is 0 Å². The van der Waals surface area contributed by atoms with Crippen LogP contribution in [0.5, 0.6) is 5.88 Å². The van der Waals surface area contributed by atoms with E-state index in [1.807, 2.05) is 23.6 Å². The van der Waals surface area contributed by atoms with Crippen LogP contribution in [0.4, 0.5) is 5.69 Å². The molecule has 90 valence electrons. The molecule has 2 heterocycles. The maximum atomic E-state index is 5.81. The van der Waals surface area contributed by atoms with Crippen LogP contribution in [0.1, 0.15) is 10.4 Å². The third-order valence-electron chi connectivity index (χ3n) is 2.42. The van der Waals surface area contributed by atoms with E-state index in [1.54, 1.807) is 24.6 Å². The first-order valence-corrected chi connectivity index (χ1v) is 6.19. The fourth-order valence-electron chi connectivity index (χ4n) is 1.55. The number of ether oxygens (including phenoxy) is 1. The van der Waals surface area contributed by atoms with Crippen LogP contribution in [-0.2, 0) is 13.1 Å². The number of nitrogens with one attached hydrogen (secondary N) is 1. The molecule has 4 nitrogen and oxygen atoms in total. The van der Waals surface area contributed by atoms with E-state index < -0.39 is 0 Å². The minimum absolute atomic E-state index is 0.666. The Bertz CT molecular complexity index is 484. The molecule has 0 aliphatic carbocycles. The van der Waals surface area contributed by atoms with Gasteiger partial charge in [-0.3, -0.25) is 0 Å². The highest BCUT2D eigenvalue weighted by Crippen LogP contribution is 2.19. The zero-order valence-corrected chi connectivity index (χ0v) is 10.5. The fourth-order valence-corrected chi connectivity index (χ4v) is 2.32. The monoisotopic (exact) mass is 249 g/mol. The molecule has 0 aliphatic heterocycles. The second kappa shape index (κ2) is 5.65. The summed E-state index contributed by atoms with van der Waals surface area (Å²) in [6.07, 6.45) is 1.72. The first-order chi connectivity index (χ1) is 8.31. The van der Waals surface area contributed by atoms with Crippen molar-refractivity contribution in [3.63, 3.8) is 0 Å². The van der Waals surface area contributed by atoms with Crippen molar-refractivity contribution in [2.75, 3.05) is 12.8 Å². The molecule has 2 aromatic rings. The highest BCUT2D eigenvalue weighted by atomic mass is 32.1. The summed E-state index contributed by atoms with van der Waals surface area (Å²) in [5.41, 5.74) is 7.70. The van der Waals surface area contributed by atoms with Crippen LogP contribution in [0.15, 0.2) is 29.8 Å². The predicted molar refractivity (Wildman–Crippen MR) is 70.1 cm³/mol. The van der Waals surface area contributed by atoms with Crippen molar-refractivity contribution in [2.24, 2.45) is 0 Å². The van der Waals surface area contributed by atoms with Gasteiger partial charge in [0.25, 0.3) is 0 Å². The van der Waals surface area contributed by atoms with Crippen molar-refractivity contribution in [3.8, 4) is 5.88 Å². The molecule has 0 aliphatic rings. The normalized spacial score (nSPS) is 10.4. The maximum Gasteiger partial charge on any atom is 0.217 e. The van der Waals surface area contributed by atoms with E-state index in [1.165, 1.54) is 0 Å². The smallest absolute Gasteiger partial charge is 0.217 e. The molecular weight excluding hydrogens is 234 g/mol. The Morgan fingerprint density at radius 2 is 2.29 bits per heavy atom. The van der Waals surface area contributed by atoms with Gasteiger partial charge in [-0.2, -0.15) is 0 Å². The number of thiophene rings is 1. The zero-order chi connectivity index (χ0) is 12.1. The van der Waals surface area contributed by atoms with Gasteiger partial charge < -0.3 is 15.8 Å². The maximum absolute atomic E-state index is 5.81. The summed E-state index contributed by atoms with van der Waals surface area (Å²) < 4.78 is 5.18. The van der Waals surface area contributed by atoms with E-state index in [0.29, 0.717) is 12.4 Å². The predicted octanol–water partition coefficient (Wildman–Crippen LogP) is 2.02. The summed E-state index contributed by atoms with van der Waals surface area (Å²) in [5.74, 6) is 0.666. The Labute approximate surface area is 104 Å². The number of nitrogen functional groups attached to an aromatic ring is 1. The molecule has 2 rings (SSSR count). The zero-order valence-electron chi connectivity index (χ0n) is 9.64. The summed E-state index contributed by atoms with van der Waals surface area (Å²) in [4.78, 5) is 5.31. The van der Waals surface area contributed by atoms with E-state index in [4.69, 9.17) is 10.5 Å². The number of hydrogen-bond acceptors (Lipinski definition) is 5. The number of rotatable bonds is 5. The van der Waals surface area contributed by atoms with E-state index in [0.717, 1.165) is 22.7 Å². The minimum atomic E-state index is 0.666. The van der Waals surface area contributed by atoms with Gasteiger partial charge in [-0.15, -0.1) is 11.3 Å². The SMILES string of the molecule is COc1ncccc1CNCc1sccc1N. The summed E-state index contributed by atoms with van der Waals surface area (Å²) in [7, 11) is 1.63. The molecule has 0 saturated heterocycles. The molecule has 2 aromatic heterocycles. The Hall–Kier alpha value is -1.59. The van der Waals surface area contributed by atoms with Crippen molar-refractivity contribution in [3.05, 3.63) is 40.2 Å². The van der Waals surface area contributed by atoms with Crippen LogP contribution >= 0.6 is 11.3 Å². The number of methoxy groups -OCH3 is 1. The second-order valence-corrected chi connectivity index (χ2v) is 4.58. The van der Waals surface area contributed by atoms with Gasteiger partial charge in [0.2, 0.25) is 5.88 Å². The summed E-state index contributed by atoms with van der Waals surface area (Å²) in [5, 5.41) is 5.33. The largest absolute Gasteiger partial charge is 0.481 e.